The molecule has 0 unspecified atom stereocenters. The first-order chi connectivity index (χ1) is 9.96. The molecule has 0 saturated heterocycles. The number of aryl methyl sites for hydroxylation is 2. The number of rotatable bonds is 6. The molecule has 5 heteroatoms. The first kappa shape index (κ1) is 16.2. The van der Waals surface area contributed by atoms with Gasteiger partial charge in [0.05, 0.1) is 5.54 Å². The van der Waals surface area contributed by atoms with Crippen LogP contribution < -0.4 is 11.1 Å². The third-order valence-corrected chi connectivity index (χ3v) is 5.24. The normalized spacial score (nSPS) is 16.9. The van der Waals surface area contributed by atoms with E-state index in [2.05, 4.69) is 5.32 Å². The lowest BCUT2D eigenvalue weighted by molar-refractivity contribution is -0.122. The Kier molecular flexibility index (Phi) is 5.17. The van der Waals surface area contributed by atoms with Gasteiger partial charge in [-0.05, 0) is 32.8 Å². The van der Waals surface area contributed by atoms with Crippen LogP contribution in [0.2, 0.25) is 0 Å². The summed E-state index contributed by atoms with van der Waals surface area (Å²) in [6.07, 6.45) is 4.64. The maximum Gasteiger partial charge on any atom is 0.220 e. The second-order valence-electron chi connectivity index (χ2n) is 5.99. The maximum absolute atomic E-state index is 12.2. The lowest BCUT2D eigenvalue weighted by Crippen LogP contribution is -2.51. The van der Waals surface area contributed by atoms with Crippen LogP contribution in [-0.2, 0) is 4.79 Å². The number of nitrogens with one attached hydrogen (secondary N) is 1. The maximum atomic E-state index is 12.2. The van der Waals surface area contributed by atoms with Crippen LogP contribution in [0.5, 0.6) is 0 Å². The SMILES string of the molecule is Cc1cc(C(=O)CCC(=O)NC2(CN)CCCC2)c(C)s1. The quantitative estimate of drug-likeness (QED) is 0.794. The minimum absolute atomic E-state index is 0.0553. The molecule has 1 aliphatic rings. The van der Waals surface area contributed by atoms with Gasteiger partial charge < -0.3 is 11.1 Å². The minimum Gasteiger partial charge on any atom is -0.349 e. The van der Waals surface area contributed by atoms with Gasteiger partial charge in [0.2, 0.25) is 5.91 Å². The van der Waals surface area contributed by atoms with Crippen molar-refractivity contribution < 1.29 is 9.59 Å². The molecule has 0 atom stereocenters. The fraction of sp³-hybridized carbons (Fsp3) is 0.625. The molecule has 3 N–H and O–H groups in total. The lowest BCUT2D eigenvalue weighted by atomic mass is 9.97. The van der Waals surface area contributed by atoms with Crippen molar-refractivity contribution >= 4 is 23.0 Å². The van der Waals surface area contributed by atoms with Crippen LogP contribution >= 0.6 is 11.3 Å². The standard InChI is InChI=1S/C16H24N2O2S/c1-11-9-13(12(2)21-11)14(19)5-6-15(20)18-16(10-17)7-3-4-8-16/h9H,3-8,10,17H2,1-2H3,(H,18,20). The van der Waals surface area contributed by atoms with Crippen molar-refractivity contribution in [2.75, 3.05) is 6.54 Å². The molecular formula is C16H24N2O2S. The van der Waals surface area contributed by atoms with Gasteiger partial charge in [0.15, 0.2) is 5.78 Å². The Morgan fingerprint density at radius 3 is 2.48 bits per heavy atom. The summed E-state index contributed by atoms with van der Waals surface area (Å²) in [5.74, 6) is 0.000486. The number of amides is 1. The van der Waals surface area contributed by atoms with Crippen LogP contribution in [0, 0.1) is 13.8 Å². The molecule has 2 rings (SSSR count). The van der Waals surface area contributed by atoms with Gasteiger partial charge in [0, 0.05) is 34.7 Å². The molecule has 4 nitrogen and oxygen atoms in total. The molecule has 0 spiro atoms. The first-order valence-electron chi connectivity index (χ1n) is 7.57. The van der Waals surface area contributed by atoms with E-state index >= 15 is 0 Å². The Hall–Kier alpha value is -1.20. The molecule has 1 heterocycles. The summed E-state index contributed by atoms with van der Waals surface area (Å²) >= 11 is 1.62. The molecule has 0 radical (unpaired) electrons. The Labute approximate surface area is 130 Å². The molecule has 1 aromatic rings. The average Bonchev–Trinajstić information content (AvgIpc) is 3.03. The van der Waals surface area contributed by atoms with Crippen molar-refractivity contribution in [3.63, 3.8) is 0 Å². The molecule has 116 valence electrons. The zero-order valence-electron chi connectivity index (χ0n) is 12.8. The molecule has 1 fully saturated rings. The predicted molar refractivity (Wildman–Crippen MR) is 85.8 cm³/mol. The number of carbonyl (C=O) groups is 2. The Bertz CT molecular complexity index is 530. The number of thiophene rings is 1. The number of nitrogens with two attached hydrogens (primary N) is 1. The monoisotopic (exact) mass is 308 g/mol. The fourth-order valence-corrected chi connectivity index (χ4v) is 4.00. The third-order valence-electron chi connectivity index (χ3n) is 4.28. The summed E-state index contributed by atoms with van der Waals surface area (Å²) in [7, 11) is 0. The van der Waals surface area contributed by atoms with Gasteiger partial charge in [-0.1, -0.05) is 12.8 Å². The van der Waals surface area contributed by atoms with Gasteiger partial charge >= 0.3 is 0 Å². The van der Waals surface area contributed by atoms with E-state index in [-0.39, 0.29) is 30.1 Å². The fourth-order valence-electron chi connectivity index (χ4n) is 3.06. The van der Waals surface area contributed by atoms with Gasteiger partial charge in [-0.15, -0.1) is 11.3 Å². The predicted octanol–water partition coefficient (Wildman–Crippen LogP) is 2.72. The summed E-state index contributed by atoms with van der Waals surface area (Å²) < 4.78 is 0. The Morgan fingerprint density at radius 2 is 1.95 bits per heavy atom. The first-order valence-corrected chi connectivity index (χ1v) is 8.39. The van der Waals surface area contributed by atoms with Crippen molar-refractivity contribution in [1.82, 2.24) is 5.32 Å². The number of Topliss-reactive ketones (excluding diaryl/α,β-unsaturated/α-hetero) is 1. The second kappa shape index (κ2) is 6.71. The minimum atomic E-state index is -0.227. The van der Waals surface area contributed by atoms with Gasteiger partial charge in [-0.25, -0.2) is 0 Å². The van der Waals surface area contributed by atoms with Gasteiger partial charge in [0.1, 0.15) is 0 Å². The largest absolute Gasteiger partial charge is 0.349 e. The number of ketones is 1. The number of carbonyl (C=O) groups excluding carboxylic acids is 2. The topological polar surface area (TPSA) is 72.2 Å². The van der Waals surface area contributed by atoms with Crippen LogP contribution in [0.25, 0.3) is 0 Å². The van der Waals surface area contributed by atoms with Crippen molar-refractivity contribution in [3.05, 3.63) is 21.4 Å². The van der Waals surface area contributed by atoms with Crippen molar-refractivity contribution in [2.45, 2.75) is 57.9 Å². The van der Waals surface area contributed by atoms with Crippen molar-refractivity contribution in [2.24, 2.45) is 5.73 Å². The van der Waals surface area contributed by atoms with E-state index in [0.717, 1.165) is 41.0 Å². The molecular weight excluding hydrogens is 284 g/mol. The molecule has 21 heavy (non-hydrogen) atoms. The number of hydrogen-bond donors (Lipinski definition) is 2. The molecule has 0 aromatic carbocycles. The van der Waals surface area contributed by atoms with Crippen LogP contribution in [-0.4, -0.2) is 23.8 Å². The van der Waals surface area contributed by atoms with E-state index in [9.17, 15) is 9.59 Å². The highest BCUT2D eigenvalue weighted by Gasteiger charge is 2.33. The van der Waals surface area contributed by atoms with E-state index in [1.807, 2.05) is 19.9 Å². The van der Waals surface area contributed by atoms with Crippen molar-refractivity contribution in [3.8, 4) is 0 Å². The van der Waals surface area contributed by atoms with Crippen LogP contribution in [0.15, 0.2) is 6.07 Å². The van der Waals surface area contributed by atoms with Gasteiger partial charge in [0.25, 0.3) is 0 Å². The lowest BCUT2D eigenvalue weighted by Gasteiger charge is -2.28. The van der Waals surface area contributed by atoms with E-state index in [1.165, 1.54) is 0 Å². The zero-order chi connectivity index (χ0) is 15.5. The highest BCUT2D eigenvalue weighted by atomic mass is 32.1. The summed E-state index contributed by atoms with van der Waals surface area (Å²) in [6, 6.07) is 1.92. The second-order valence-corrected chi connectivity index (χ2v) is 7.45. The van der Waals surface area contributed by atoms with E-state index in [0.29, 0.717) is 6.54 Å². The average molecular weight is 308 g/mol. The molecule has 1 aliphatic carbocycles. The van der Waals surface area contributed by atoms with E-state index in [4.69, 9.17) is 5.73 Å². The molecule has 1 saturated carbocycles. The Morgan fingerprint density at radius 1 is 1.29 bits per heavy atom. The molecule has 1 amide bonds. The summed E-state index contributed by atoms with van der Waals surface area (Å²) in [5.41, 5.74) is 6.34. The molecule has 0 bridgehead atoms. The summed E-state index contributed by atoms with van der Waals surface area (Å²) in [4.78, 5) is 26.4. The van der Waals surface area contributed by atoms with Crippen molar-refractivity contribution in [1.29, 1.82) is 0 Å². The number of hydrogen-bond acceptors (Lipinski definition) is 4. The highest BCUT2D eigenvalue weighted by molar-refractivity contribution is 7.12. The zero-order valence-corrected chi connectivity index (χ0v) is 13.6. The summed E-state index contributed by atoms with van der Waals surface area (Å²) in [6.45, 7) is 4.43. The Balaban J connectivity index is 1.86. The van der Waals surface area contributed by atoms with E-state index in [1.54, 1.807) is 11.3 Å². The smallest absolute Gasteiger partial charge is 0.220 e. The summed E-state index contributed by atoms with van der Waals surface area (Å²) in [5, 5.41) is 3.06. The van der Waals surface area contributed by atoms with Crippen LogP contribution in [0.3, 0.4) is 0 Å². The molecule has 0 aliphatic heterocycles. The van der Waals surface area contributed by atoms with E-state index < -0.39 is 0 Å². The van der Waals surface area contributed by atoms with Crippen LogP contribution in [0.1, 0.15) is 58.6 Å². The van der Waals surface area contributed by atoms with Gasteiger partial charge in [-0.3, -0.25) is 9.59 Å². The van der Waals surface area contributed by atoms with Crippen LogP contribution in [0.4, 0.5) is 0 Å². The third kappa shape index (κ3) is 3.92. The van der Waals surface area contributed by atoms with Gasteiger partial charge in [-0.2, -0.15) is 0 Å². The molecule has 1 aromatic heterocycles. The highest BCUT2D eigenvalue weighted by Crippen LogP contribution is 2.29.